The van der Waals surface area contributed by atoms with Crippen molar-refractivity contribution in [3.63, 3.8) is 0 Å². The Labute approximate surface area is 147 Å². The molecule has 1 aliphatic heterocycles. The van der Waals surface area contributed by atoms with Crippen LogP contribution < -0.4 is 4.90 Å². The van der Waals surface area contributed by atoms with Crippen molar-refractivity contribution in [2.45, 2.75) is 44.4 Å². The molecule has 3 heterocycles. The average molecular weight is 333 g/mol. The Morgan fingerprint density at radius 2 is 1.68 bits per heavy atom. The number of anilines is 1. The van der Waals surface area contributed by atoms with E-state index in [1.807, 2.05) is 4.52 Å². The van der Waals surface area contributed by atoms with Gasteiger partial charge in [0.1, 0.15) is 5.82 Å². The first-order valence-corrected chi connectivity index (χ1v) is 9.32. The molecule has 1 saturated carbocycles. The normalized spacial score (nSPS) is 18.8. The molecule has 1 saturated heterocycles. The third-order valence-corrected chi connectivity index (χ3v) is 5.66. The fraction of sp³-hybridized carbons (Fsp3) is 0.450. The molecule has 5 rings (SSSR count). The van der Waals surface area contributed by atoms with Gasteiger partial charge in [-0.3, -0.25) is 0 Å². The summed E-state index contributed by atoms with van der Waals surface area (Å²) in [6.07, 6.45) is 4.80. The first-order valence-electron chi connectivity index (χ1n) is 9.32. The summed E-state index contributed by atoms with van der Waals surface area (Å²) in [5, 5.41) is 13.4. The van der Waals surface area contributed by atoms with E-state index in [2.05, 4.69) is 58.4 Å². The molecule has 5 heteroatoms. The maximum atomic E-state index is 4.85. The van der Waals surface area contributed by atoms with Crippen LogP contribution in [0.4, 0.5) is 5.82 Å². The largest absolute Gasteiger partial charge is 0.355 e. The van der Waals surface area contributed by atoms with E-state index in [1.54, 1.807) is 0 Å². The predicted molar refractivity (Wildman–Crippen MR) is 98.1 cm³/mol. The van der Waals surface area contributed by atoms with Crippen LogP contribution in [0.5, 0.6) is 0 Å². The minimum atomic E-state index is 0.560. The van der Waals surface area contributed by atoms with Crippen molar-refractivity contribution in [3.8, 4) is 0 Å². The Kier molecular flexibility index (Phi) is 3.47. The van der Waals surface area contributed by atoms with Crippen molar-refractivity contribution in [2.24, 2.45) is 0 Å². The monoisotopic (exact) mass is 333 g/mol. The van der Waals surface area contributed by atoms with E-state index in [-0.39, 0.29) is 0 Å². The van der Waals surface area contributed by atoms with Crippen molar-refractivity contribution >= 4 is 11.5 Å². The first kappa shape index (κ1) is 14.9. The Hall–Kier alpha value is -2.43. The zero-order valence-electron chi connectivity index (χ0n) is 14.6. The molecule has 2 aromatic heterocycles. The number of fused-ring (bicyclic) bond motifs is 1. The summed E-state index contributed by atoms with van der Waals surface area (Å²) in [4.78, 5) is 2.41. The molecule has 1 aromatic carbocycles. The molecule has 25 heavy (non-hydrogen) atoms. The lowest BCUT2D eigenvalue weighted by atomic mass is 9.87. The minimum absolute atomic E-state index is 0.560. The lowest BCUT2D eigenvalue weighted by Gasteiger charge is -2.33. The maximum absolute atomic E-state index is 4.85. The summed E-state index contributed by atoms with van der Waals surface area (Å²) in [5.74, 6) is 3.31. The molecular formula is C20H23N5. The van der Waals surface area contributed by atoms with Crippen LogP contribution in [0.25, 0.3) is 5.65 Å². The number of rotatable bonds is 3. The molecule has 0 amide bonds. The minimum Gasteiger partial charge on any atom is -0.355 e. The van der Waals surface area contributed by atoms with Gasteiger partial charge in [-0.05, 0) is 61.8 Å². The van der Waals surface area contributed by atoms with Gasteiger partial charge in [0.05, 0.1) is 0 Å². The molecule has 1 aliphatic carbocycles. The van der Waals surface area contributed by atoms with Crippen molar-refractivity contribution in [3.05, 3.63) is 53.3 Å². The van der Waals surface area contributed by atoms with Gasteiger partial charge in [0.25, 0.3) is 0 Å². The van der Waals surface area contributed by atoms with E-state index < -0.39 is 0 Å². The second-order valence-corrected chi connectivity index (χ2v) is 7.41. The van der Waals surface area contributed by atoms with E-state index in [9.17, 15) is 0 Å². The highest BCUT2D eigenvalue weighted by Crippen LogP contribution is 2.39. The lowest BCUT2D eigenvalue weighted by Crippen LogP contribution is -2.34. The van der Waals surface area contributed by atoms with Gasteiger partial charge in [-0.1, -0.05) is 24.3 Å². The summed E-state index contributed by atoms with van der Waals surface area (Å²) in [7, 11) is 0. The van der Waals surface area contributed by atoms with Crippen LogP contribution in [0.15, 0.2) is 36.4 Å². The van der Waals surface area contributed by atoms with Crippen LogP contribution in [-0.2, 0) is 0 Å². The summed E-state index contributed by atoms with van der Waals surface area (Å²) < 4.78 is 1.96. The van der Waals surface area contributed by atoms with Gasteiger partial charge in [-0.15, -0.1) is 15.3 Å². The number of aryl methyl sites for hydroxylation is 1. The standard InChI is InChI=1S/C20H23N5/c1-14-4-2-3-5-17(14)15-10-12-24(13-11-15)19-9-8-18-21-22-20(16-6-7-16)25(18)23-19/h2-5,8-9,15-16H,6-7,10-13H2,1H3. The number of hydrogen-bond donors (Lipinski definition) is 0. The van der Waals surface area contributed by atoms with Crippen molar-refractivity contribution in [1.29, 1.82) is 0 Å². The first-order chi connectivity index (χ1) is 12.3. The third kappa shape index (κ3) is 2.68. The molecule has 0 N–H and O–H groups in total. The predicted octanol–water partition coefficient (Wildman–Crippen LogP) is 3.69. The highest BCUT2D eigenvalue weighted by molar-refractivity contribution is 5.47. The Morgan fingerprint density at radius 1 is 0.880 bits per heavy atom. The van der Waals surface area contributed by atoms with Crippen LogP contribution >= 0.6 is 0 Å². The van der Waals surface area contributed by atoms with Gasteiger partial charge >= 0.3 is 0 Å². The zero-order chi connectivity index (χ0) is 16.8. The van der Waals surface area contributed by atoms with Gasteiger partial charge in [-0.2, -0.15) is 4.52 Å². The summed E-state index contributed by atoms with van der Waals surface area (Å²) in [5.41, 5.74) is 3.79. The topological polar surface area (TPSA) is 46.3 Å². The van der Waals surface area contributed by atoms with Crippen LogP contribution in [0.1, 0.15) is 54.5 Å². The van der Waals surface area contributed by atoms with E-state index >= 15 is 0 Å². The second-order valence-electron chi connectivity index (χ2n) is 7.41. The van der Waals surface area contributed by atoms with Crippen LogP contribution in [0.3, 0.4) is 0 Å². The molecule has 0 spiro atoms. The van der Waals surface area contributed by atoms with E-state index in [1.165, 1.54) is 36.8 Å². The van der Waals surface area contributed by atoms with Crippen molar-refractivity contribution in [2.75, 3.05) is 18.0 Å². The quantitative estimate of drug-likeness (QED) is 0.733. The number of piperidine rings is 1. The number of benzene rings is 1. The highest BCUT2D eigenvalue weighted by Gasteiger charge is 2.30. The molecule has 128 valence electrons. The SMILES string of the molecule is Cc1ccccc1C1CCN(c2ccc3nnc(C4CC4)n3n2)CC1. The Morgan fingerprint density at radius 3 is 2.44 bits per heavy atom. The second kappa shape index (κ2) is 5.83. The highest BCUT2D eigenvalue weighted by atomic mass is 15.4. The van der Waals surface area contributed by atoms with Gasteiger partial charge < -0.3 is 4.90 Å². The molecular weight excluding hydrogens is 310 g/mol. The van der Waals surface area contributed by atoms with E-state index in [4.69, 9.17) is 5.10 Å². The van der Waals surface area contributed by atoms with E-state index in [0.717, 1.165) is 30.4 Å². The van der Waals surface area contributed by atoms with Gasteiger partial charge in [-0.25, -0.2) is 0 Å². The zero-order valence-corrected chi connectivity index (χ0v) is 14.6. The maximum Gasteiger partial charge on any atom is 0.178 e. The Bertz CT molecular complexity index is 903. The molecule has 0 radical (unpaired) electrons. The molecule has 2 fully saturated rings. The smallest absolute Gasteiger partial charge is 0.178 e. The van der Waals surface area contributed by atoms with Gasteiger partial charge in [0.2, 0.25) is 0 Å². The van der Waals surface area contributed by atoms with Crippen molar-refractivity contribution < 1.29 is 0 Å². The lowest BCUT2D eigenvalue weighted by molar-refractivity contribution is 0.499. The average Bonchev–Trinajstić information content (AvgIpc) is 3.41. The van der Waals surface area contributed by atoms with Gasteiger partial charge in [0.15, 0.2) is 11.5 Å². The van der Waals surface area contributed by atoms with E-state index in [0.29, 0.717) is 11.8 Å². The molecule has 3 aromatic rings. The third-order valence-electron chi connectivity index (χ3n) is 5.66. The number of hydrogen-bond acceptors (Lipinski definition) is 4. The summed E-state index contributed by atoms with van der Waals surface area (Å²) in [6, 6.07) is 12.9. The fourth-order valence-electron chi connectivity index (χ4n) is 4.03. The van der Waals surface area contributed by atoms with Gasteiger partial charge in [0, 0.05) is 19.0 Å². The molecule has 0 unspecified atom stereocenters. The van der Waals surface area contributed by atoms with Crippen molar-refractivity contribution in [1.82, 2.24) is 19.8 Å². The summed E-state index contributed by atoms with van der Waals surface area (Å²) in [6.45, 7) is 4.33. The Balaban J connectivity index is 1.36. The number of nitrogens with zero attached hydrogens (tertiary/aromatic N) is 5. The summed E-state index contributed by atoms with van der Waals surface area (Å²) >= 11 is 0. The number of aromatic nitrogens is 4. The van der Waals surface area contributed by atoms with Crippen LogP contribution in [0, 0.1) is 6.92 Å². The molecule has 5 nitrogen and oxygen atoms in total. The molecule has 0 bridgehead atoms. The van der Waals surface area contributed by atoms with Crippen LogP contribution in [-0.4, -0.2) is 32.9 Å². The van der Waals surface area contributed by atoms with Crippen LogP contribution in [0.2, 0.25) is 0 Å². The fourth-order valence-corrected chi connectivity index (χ4v) is 4.03. The molecule has 2 aliphatic rings. The molecule has 0 atom stereocenters.